The molecule has 0 saturated heterocycles. The van der Waals surface area contributed by atoms with Crippen LogP contribution >= 0.6 is 23.2 Å². The first-order chi connectivity index (χ1) is 16.7. The lowest BCUT2D eigenvalue weighted by atomic mass is 10.2. The van der Waals surface area contributed by atoms with Gasteiger partial charge in [0.2, 0.25) is 0 Å². The molecule has 0 spiro atoms. The third-order valence-electron chi connectivity index (χ3n) is 4.68. The molecule has 10 heteroatoms. The number of carbonyl (C=O) groups is 1. The van der Waals surface area contributed by atoms with Crippen molar-refractivity contribution in [3.05, 3.63) is 101 Å². The summed E-state index contributed by atoms with van der Waals surface area (Å²) in [5.41, 5.74) is 4.11. The van der Waals surface area contributed by atoms with Crippen LogP contribution in [-0.4, -0.2) is 33.7 Å². The van der Waals surface area contributed by atoms with Gasteiger partial charge in [0.25, 0.3) is 15.9 Å². The van der Waals surface area contributed by atoms with Crippen LogP contribution in [0.3, 0.4) is 0 Å². The molecule has 7 nitrogen and oxygen atoms in total. The van der Waals surface area contributed by atoms with Crippen LogP contribution in [0.4, 0.5) is 5.69 Å². The summed E-state index contributed by atoms with van der Waals surface area (Å²) >= 11 is 12.2. The Morgan fingerprint density at radius 2 is 1.69 bits per heavy atom. The molecule has 182 valence electrons. The molecule has 0 aliphatic carbocycles. The summed E-state index contributed by atoms with van der Waals surface area (Å²) in [5, 5.41) is 4.39. The second-order valence-electron chi connectivity index (χ2n) is 7.41. The number of halogens is 2. The van der Waals surface area contributed by atoms with Crippen LogP contribution < -0.4 is 14.5 Å². The van der Waals surface area contributed by atoms with Crippen LogP contribution in [0.1, 0.15) is 11.1 Å². The third-order valence-corrected chi connectivity index (χ3v) is 6.91. The molecule has 3 aromatic rings. The topological polar surface area (TPSA) is 88.1 Å². The van der Waals surface area contributed by atoms with Crippen molar-refractivity contribution in [2.75, 3.05) is 17.5 Å². The standard InChI is InChI=1S/C25H23Cl2N3O4S/c1-3-12-34-23-8-6-19(7-9-23)16-28-29-25(31)17-30(22-14-20(26)13-21(27)15-22)35(32,33)24-10-4-18(2)5-11-24/h3-11,13-16H,1,12,17H2,2H3,(H,29,31)/b28-16-. The summed E-state index contributed by atoms with van der Waals surface area (Å²) in [6.07, 6.45) is 3.08. The molecule has 1 amide bonds. The van der Waals surface area contributed by atoms with E-state index < -0.39 is 22.5 Å². The maximum absolute atomic E-state index is 13.4. The van der Waals surface area contributed by atoms with Crippen LogP contribution in [0.2, 0.25) is 10.0 Å². The van der Waals surface area contributed by atoms with Gasteiger partial charge in [0.1, 0.15) is 18.9 Å². The van der Waals surface area contributed by atoms with Gasteiger partial charge < -0.3 is 4.74 Å². The van der Waals surface area contributed by atoms with Crippen molar-refractivity contribution >= 4 is 51.0 Å². The normalized spacial score (nSPS) is 11.3. The quantitative estimate of drug-likeness (QED) is 0.221. The molecule has 3 rings (SSSR count). The van der Waals surface area contributed by atoms with Crippen LogP contribution in [-0.2, 0) is 14.8 Å². The molecule has 0 bridgehead atoms. The summed E-state index contributed by atoms with van der Waals surface area (Å²) in [7, 11) is -4.11. The monoisotopic (exact) mass is 531 g/mol. The van der Waals surface area contributed by atoms with Crippen LogP contribution in [0, 0.1) is 6.92 Å². The van der Waals surface area contributed by atoms with Crippen molar-refractivity contribution in [1.82, 2.24) is 5.43 Å². The first-order valence-corrected chi connectivity index (χ1v) is 12.6. The highest BCUT2D eigenvalue weighted by Crippen LogP contribution is 2.29. The molecule has 0 saturated carbocycles. The molecule has 3 aromatic carbocycles. The average Bonchev–Trinajstić information content (AvgIpc) is 2.81. The van der Waals surface area contributed by atoms with E-state index in [1.54, 1.807) is 42.5 Å². The van der Waals surface area contributed by atoms with Crippen molar-refractivity contribution < 1.29 is 17.9 Å². The van der Waals surface area contributed by atoms with Crippen molar-refractivity contribution in [2.45, 2.75) is 11.8 Å². The fraction of sp³-hybridized carbons (Fsp3) is 0.120. The van der Waals surface area contributed by atoms with E-state index in [1.165, 1.54) is 36.5 Å². The minimum atomic E-state index is -4.11. The molecule has 0 aliphatic rings. The van der Waals surface area contributed by atoms with E-state index in [-0.39, 0.29) is 20.6 Å². The zero-order valence-corrected chi connectivity index (χ0v) is 21.1. The van der Waals surface area contributed by atoms with E-state index in [2.05, 4.69) is 17.1 Å². The predicted molar refractivity (Wildman–Crippen MR) is 140 cm³/mol. The predicted octanol–water partition coefficient (Wildman–Crippen LogP) is 5.21. The second-order valence-corrected chi connectivity index (χ2v) is 10.1. The smallest absolute Gasteiger partial charge is 0.264 e. The highest BCUT2D eigenvalue weighted by Gasteiger charge is 2.27. The number of benzene rings is 3. The Balaban J connectivity index is 1.79. The molecular weight excluding hydrogens is 509 g/mol. The Morgan fingerprint density at radius 3 is 2.29 bits per heavy atom. The molecule has 0 aliphatic heterocycles. The molecule has 1 N–H and O–H groups in total. The Morgan fingerprint density at radius 1 is 1.06 bits per heavy atom. The van der Waals surface area contributed by atoms with Crippen molar-refractivity contribution in [3.8, 4) is 5.75 Å². The van der Waals surface area contributed by atoms with E-state index in [0.29, 0.717) is 17.9 Å². The van der Waals surface area contributed by atoms with E-state index in [9.17, 15) is 13.2 Å². The fourth-order valence-electron chi connectivity index (χ4n) is 2.99. The number of nitrogens with one attached hydrogen (secondary N) is 1. The summed E-state index contributed by atoms with van der Waals surface area (Å²) in [6, 6.07) is 17.6. The van der Waals surface area contributed by atoms with Crippen LogP contribution in [0.25, 0.3) is 0 Å². The Kier molecular flexibility index (Phi) is 8.92. The maximum Gasteiger partial charge on any atom is 0.264 e. The van der Waals surface area contributed by atoms with Gasteiger partial charge in [-0.25, -0.2) is 13.8 Å². The number of hydrogen-bond acceptors (Lipinski definition) is 5. The second kappa shape index (κ2) is 11.9. The molecule has 0 aromatic heterocycles. The van der Waals surface area contributed by atoms with Gasteiger partial charge in [-0.3, -0.25) is 9.10 Å². The lowest BCUT2D eigenvalue weighted by Crippen LogP contribution is -2.39. The molecule has 35 heavy (non-hydrogen) atoms. The number of carbonyl (C=O) groups excluding carboxylic acids is 1. The number of rotatable bonds is 10. The lowest BCUT2D eigenvalue weighted by molar-refractivity contribution is -0.119. The number of amides is 1. The highest BCUT2D eigenvalue weighted by atomic mass is 35.5. The highest BCUT2D eigenvalue weighted by molar-refractivity contribution is 7.92. The molecule has 0 unspecified atom stereocenters. The largest absolute Gasteiger partial charge is 0.490 e. The van der Waals surface area contributed by atoms with Gasteiger partial charge in [0, 0.05) is 10.0 Å². The fourth-order valence-corrected chi connectivity index (χ4v) is 4.90. The van der Waals surface area contributed by atoms with Gasteiger partial charge in [-0.05, 0) is 67.1 Å². The number of hydrazone groups is 1. The first kappa shape index (κ1) is 26.3. The van der Waals surface area contributed by atoms with Gasteiger partial charge >= 0.3 is 0 Å². The van der Waals surface area contributed by atoms with Crippen molar-refractivity contribution in [2.24, 2.45) is 5.10 Å². The number of ether oxygens (including phenoxy) is 1. The Hall–Kier alpha value is -3.33. The minimum absolute atomic E-state index is 0.0225. The Bertz CT molecular complexity index is 1310. The van der Waals surface area contributed by atoms with E-state index in [1.807, 2.05) is 6.92 Å². The summed E-state index contributed by atoms with van der Waals surface area (Å²) in [5.74, 6) is 0.0159. The molecular formula is C25H23Cl2N3O4S. The SMILES string of the molecule is C=CCOc1ccc(/C=N\NC(=O)CN(c2cc(Cl)cc(Cl)c2)S(=O)(=O)c2ccc(C)cc2)cc1. The van der Waals surface area contributed by atoms with E-state index >= 15 is 0 Å². The number of anilines is 1. The van der Waals surface area contributed by atoms with Crippen LogP contribution in [0.5, 0.6) is 5.75 Å². The third kappa shape index (κ3) is 7.32. The van der Waals surface area contributed by atoms with Gasteiger partial charge in [-0.2, -0.15) is 5.10 Å². The molecule has 0 heterocycles. The van der Waals surface area contributed by atoms with Gasteiger partial charge in [0.15, 0.2) is 0 Å². The van der Waals surface area contributed by atoms with Gasteiger partial charge in [0.05, 0.1) is 16.8 Å². The lowest BCUT2D eigenvalue weighted by Gasteiger charge is -2.24. The molecule has 0 radical (unpaired) electrons. The molecule has 0 fully saturated rings. The zero-order valence-electron chi connectivity index (χ0n) is 18.8. The Labute approximate surface area is 214 Å². The van der Waals surface area contributed by atoms with Gasteiger partial charge in [-0.1, -0.05) is 53.6 Å². The summed E-state index contributed by atoms with van der Waals surface area (Å²) in [6.45, 7) is 5.29. The van der Waals surface area contributed by atoms with Gasteiger partial charge in [-0.15, -0.1) is 0 Å². The molecule has 0 atom stereocenters. The number of sulfonamides is 1. The number of nitrogens with zero attached hydrogens (tertiary/aromatic N) is 2. The number of hydrogen-bond donors (Lipinski definition) is 1. The zero-order chi connectivity index (χ0) is 25.4. The van der Waals surface area contributed by atoms with Crippen LogP contribution in [0.15, 0.2) is 89.4 Å². The number of aryl methyl sites for hydroxylation is 1. The van der Waals surface area contributed by atoms with Crippen molar-refractivity contribution in [1.29, 1.82) is 0 Å². The van der Waals surface area contributed by atoms with Crippen molar-refractivity contribution in [3.63, 3.8) is 0 Å². The first-order valence-electron chi connectivity index (χ1n) is 10.4. The minimum Gasteiger partial charge on any atom is -0.490 e. The average molecular weight is 532 g/mol. The van der Waals surface area contributed by atoms with E-state index in [0.717, 1.165) is 9.87 Å². The van der Waals surface area contributed by atoms with E-state index in [4.69, 9.17) is 27.9 Å². The maximum atomic E-state index is 13.4. The summed E-state index contributed by atoms with van der Waals surface area (Å²) < 4.78 is 33.2. The summed E-state index contributed by atoms with van der Waals surface area (Å²) in [4.78, 5) is 12.7.